The summed E-state index contributed by atoms with van der Waals surface area (Å²) in [7, 11) is -0.261. The van der Waals surface area contributed by atoms with E-state index in [9.17, 15) is 8.42 Å². The highest BCUT2D eigenvalue weighted by atomic mass is 32.2. The number of nitrogens with one attached hydrogen (secondary N) is 1. The highest BCUT2D eigenvalue weighted by Gasteiger charge is 2.18. The molecule has 0 saturated heterocycles. The predicted molar refractivity (Wildman–Crippen MR) is 87.8 cm³/mol. The molecule has 0 aliphatic heterocycles. The van der Waals surface area contributed by atoms with Crippen molar-refractivity contribution in [3.05, 3.63) is 29.8 Å². The lowest BCUT2D eigenvalue weighted by molar-refractivity contribution is 0.360. The fourth-order valence-corrected chi connectivity index (χ4v) is 3.05. The molecule has 1 N–H and O–H groups in total. The van der Waals surface area contributed by atoms with Crippen molar-refractivity contribution in [2.75, 3.05) is 14.1 Å². The molecule has 120 valence electrons. The van der Waals surface area contributed by atoms with Crippen molar-refractivity contribution >= 4 is 10.0 Å². The Balaban J connectivity index is 2.83. The molecule has 1 rings (SSSR count). The highest BCUT2D eigenvalue weighted by Crippen LogP contribution is 2.19. The molecule has 0 aliphatic carbocycles. The SMILES string of the molecule is CCC(C)C(C)NC(C)c1ccc(S(=O)(=O)N(C)C)cc1. The van der Waals surface area contributed by atoms with Gasteiger partial charge in [-0.1, -0.05) is 32.4 Å². The summed E-state index contributed by atoms with van der Waals surface area (Å²) in [4.78, 5) is 0.332. The molecule has 0 saturated carbocycles. The van der Waals surface area contributed by atoms with Gasteiger partial charge in [-0.05, 0) is 37.5 Å². The second-order valence-corrected chi connectivity index (χ2v) is 8.07. The number of benzene rings is 1. The maximum Gasteiger partial charge on any atom is 0.242 e. The van der Waals surface area contributed by atoms with Crippen LogP contribution < -0.4 is 5.32 Å². The number of hydrogen-bond acceptors (Lipinski definition) is 3. The average Bonchev–Trinajstić information content (AvgIpc) is 2.46. The molecule has 0 bridgehead atoms. The van der Waals surface area contributed by atoms with E-state index < -0.39 is 10.0 Å². The van der Waals surface area contributed by atoms with E-state index in [4.69, 9.17) is 0 Å². The maximum atomic E-state index is 12.0. The van der Waals surface area contributed by atoms with Crippen LogP contribution in [0.15, 0.2) is 29.2 Å². The van der Waals surface area contributed by atoms with Gasteiger partial charge in [0.25, 0.3) is 0 Å². The molecular weight excluding hydrogens is 284 g/mol. The zero-order chi connectivity index (χ0) is 16.2. The molecule has 3 atom stereocenters. The van der Waals surface area contributed by atoms with Crippen molar-refractivity contribution in [1.82, 2.24) is 9.62 Å². The summed E-state index contributed by atoms with van der Waals surface area (Å²) in [6, 6.07) is 7.75. The molecular formula is C16H28N2O2S. The van der Waals surface area contributed by atoms with Crippen LogP contribution in [0.1, 0.15) is 45.7 Å². The Morgan fingerprint density at radius 1 is 1.10 bits per heavy atom. The number of sulfonamides is 1. The Hall–Kier alpha value is -0.910. The first-order valence-corrected chi connectivity index (χ1v) is 8.92. The summed E-state index contributed by atoms with van der Waals surface area (Å²) in [5.41, 5.74) is 1.10. The van der Waals surface area contributed by atoms with Crippen LogP contribution in [0.4, 0.5) is 0 Å². The number of hydrogen-bond donors (Lipinski definition) is 1. The molecule has 4 nitrogen and oxygen atoms in total. The summed E-state index contributed by atoms with van der Waals surface area (Å²) >= 11 is 0. The van der Waals surface area contributed by atoms with Gasteiger partial charge in [-0.15, -0.1) is 0 Å². The van der Waals surface area contributed by atoms with E-state index in [0.29, 0.717) is 16.9 Å². The molecule has 1 aromatic carbocycles. The summed E-state index contributed by atoms with van der Waals surface area (Å²) in [6.07, 6.45) is 1.14. The fourth-order valence-electron chi connectivity index (χ4n) is 2.15. The Kier molecular flexibility index (Phi) is 6.38. The van der Waals surface area contributed by atoms with Crippen molar-refractivity contribution in [3.63, 3.8) is 0 Å². The largest absolute Gasteiger partial charge is 0.307 e. The predicted octanol–water partition coefficient (Wildman–Crippen LogP) is 3.02. The minimum absolute atomic E-state index is 0.199. The third-order valence-electron chi connectivity index (χ3n) is 4.17. The van der Waals surface area contributed by atoms with Gasteiger partial charge in [-0.2, -0.15) is 0 Å². The summed E-state index contributed by atoms with van der Waals surface area (Å²) < 4.78 is 25.3. The Morgan fingerprint density at radius 3 is 2.05 bits per heavy atom. The lowest BCUT2D eigenvalue weighted by Gasteiger charge is -2.25. The minimum atomic E-state index is -3.35. The van der Waals surface area contributed by atoms with E-state index in [1.807, 2.05) is 12.1 Å². The third kappa shape index (κ3) is 4.53. The van der Waals surface area contributed by atoms with Gasteiger partial charge in [0.2, 0.25) is 10.0 Å². The third-order valence-corrected chi connectivity index (χ3v) is 6.00. The molecule has 0 aliphatic rings. The second kappa shape index (κ2) is 7.38. The van der Waals surface area contributed by atoms with Gasteiger partial charge in [0.1, 0.15) is 0 Å². The second-order valence-electron chi connectivity index (χ2n) is 5.92. The van der Waals surface area contributed by atoms with E-state index in [2.05, 4.69) is 33.0 Å². The van der Waals surface area contributed by atoms with Crippen LogP contribution in [-0.2, 0) is 10.0 Å². The quantitative estimate of drug-likeness (QED) is 0.842. The molecule has 0 amide bonds. The molecule has 21 heavy (non-hydrogen) atoms. The first-order chi connectivity index (χ1) is 9.70. The van der Waals surface area contributed by atoms with Crippen molar-refractivity contribution in [2.45, 2.75) is 51.1 Å². The number of nitrogens with zero attached hydrogens (tertiary/aromatic N) is 1. The van der Waals surface area contributed by atoms with Crippen LogP contribution in [-0.4, -0.2) is 32.9 Å². The topological polar surface area (TPSA) is 49.4 Å². The molecule has 0 aromatic heterocycles. The van der Waals surface area contributed by atoms with Crippen molar-refractivity contribution in [2.24, 2.45) is 5.92 Å². The van der Waals surface area contributed by atoms with Gasteiger partial charge in [0.15, 0.2) is 0 Å². The molecule has 0 heterocycles. The standard InChI is InChI=1S/C16H28N2O2S/c1-7-12(2)13(3)17-14(4)15-8-10-16(11-9-15)21(19,20)18(5)6/h8-14,17H,7H2,1-6H3. The normalized spacial score (nSPS) is 16.7. The van der Waals surface area contributed by atoms with Gasteiger partial charge in [-0.3, -0.25) is 0 Å². The van der Waals surface area contributed by atoms with E-state index in [1.165, 1.54) is 4.31 Å². The van der Waals surface area contributed by atoms with Gasteiger partial charge in [0.05, 0.1) is 4.90 Å². The van der Waals surface area contributed by atoms with Gasteiger partial charge in [0, 0.05) is 26.2 Å². The molecule has 0 fully saturated rings. The van der Waals surface area contributed by atoms with Crippen molar-refractivity contribution < 1.29 is 8.42 Å². The maximum absolute atomic E-state index is 12.0. The fraction of sp³-hybridized carbons (Fsp3) is 0.625. The Morgan fingerprint density at radius 2 is 1.62 bits per heavy atom. The molecule has 0 radical (unpaired) electrons. The zero-order valence-electron chi connectivity index (χ0n) is 13.9. The molecule has 5 heteroatoms. The zero-order valence-corrected chi connectivity index (χ0v) is 14.7. The van der Waals surface area contributed by atoms with Crippen molar-refractivity contribution in [1.29, 1.82) is 0 Å². The highest BCUT2D eigenvalue weighted by molar-refractivity contribution is 7.89. The lowest BCUT2D eigenvalue weighted by Crippen LogP contribution is -2.34. The van der Waals surface area contributed by atoms with E-state index >= 15 is 0 Å². The minimum Gasteiger partial charge on any atom is -0.307 e. The molecule has 1 aromatic rings. The molecule has 3 unspecified atom stereocenters. The van der Waals surface area contributed by atoms with E-state index in [-0.39, 0.29) is 6.04 Å². The van der Waals surface area contributed by atoms with Crippen LogP contribution in [0.5, 0.6) is 0 Å². The first kappa shape index (κ1) is 18.1. The van der Waals surface area contributed by atoms with Gasteiger partial charge >= 0.3 is 0 Å². The average molecular weight is 312 g/mol. The smallest absolute Gasteiger partial charge is 0.242 e. The summed E-state index contributed by atoms with van der Waals surface area (Å²) in [6.45, 7) is 8.72. The van der Waals surface area contributed by atoms with Crippen LogP contribution in [0.25, 0.3) is 0 Å². The number of rotatable bonds is 7. The Labute approximate surface area is 129 Å². The molecule has 0 spiro atoms. The van der Waals surface area contributed by atoms with Gasteiger partial charge in [-0.25, -0.2) is 12.7 Å². The monoisotopic (exact) mass is 312 g/mol. The van der Waals surface area contributed by atoms with Gasteiger partial charge < -0.3 is 5.32 Å². The lowest BCUT2D eigenvalue weighted by atomic mass is 9.99. The Bertz CT molecular complexity index is 538. The summed E-state index contributed by atoms with van der Waals surface area (Å²) in [5, 5.41) is 3.57. The van der Waals surface area contributed by atoms with Crippen LogP contribution in [0.3, 0.4) is 0 Å². The van der Waals surface area contributed by atoms with Crippen LogP contribution in [0.2, 0.25) is 0 Å². The van der Waals surface area contributed by atoms with Crippen LogP contribution in [0, 0.1) is 5.92 Å². The first-order valence-electron chi connectivity index (χ1n) is 7.48. The van der Waals surface area contributed by atoms with Crippen molar-refractivity contribution in [3.8, 4) is 0 Å². The van der Waals surface area contributed by atoms with E-state index in [0.717, 1.165) is 12.0 Å². The summed E-state index contributed by atoms with van der Waals surface area (Å²) in [5.74, 6) is 0.612. The van der Waals surface area contributed by atoms with Crippen LogP contribution >= 0.6 is 0 Å². The van der Waals surface area contributed by atoms with E-state index in [1.54, 1.807) is 26.2 Å².